The van der Waals surface area contributed by atoms with Crippen molar-refractivity contribution in [2.24, 2.45) is 0 Å². The van der Waals surface area contributed by atoms with Crippen molar-refractivity contribution in [1.82, 2.24) is 5.32 Å². The summed E-state index contributed by atoms with van der Waals surface area (Å²) in [6.45, 7) is 1.78. The van der Waals surface area contributed by atoms with Gasteiger partial charge in [0.05, 0.1) is 13.2 Å². The fraction of sp³-hybridized carbons (Fsp3) is 0.167. The number of ether oxygens (including phenoxy) is 2. The summed E-state index contributed by atoms with van der Waals surface area (Å²) in [7, 11) is 1.59. The third-order valence-electron chi connectivity index (χ3n) is 4.49. The second-order valence-electron chi connectivity index (χ2n) is 6.70. The first kappa shape index (κ1) is 20.9. The molecular formula is C24H24N2O4. The Hall–Kier alpha value is -3.80. The Kier molecular flexibility index (Phi) is 7.05. The van der Waals surface area contributed by atoms with Crippen molar-refractivity contribution in [1.29, 1.82) is 0 Å². The first-order valence-electron chi connectivity index (χ1n) is 9.58. The molecule has 30 heavy (non-hydrogen) atoms. The molecule has 0 aliphatic heterocycles. The van der Waals surface area contributed by atoms with E-state index in [1.165, 1.54) is 0 Å². The summed E-state index contributed by atoms with van der Waals surface area (Å²) in [5.74, 6) is 0.887. The van der Waals surface area contributed by atoms with Crippen molar-refractivity contribution in [3.8, 4) is 11.5 Å². The number of rotatable bonds is 8. The highest BCUT2D eigenvalue weighted by Crippen LogP contribution is 2.19. The van der Waals surface area contributed by atoms with Crippen LogP contribution in [-0.4, -0.2) is 25.5 Å². The van der Waals surface area contributed by atoms with Crippen LogP contribution in [0.1, 0.15) is 28.9 Å². The molecule has 3 aromatic carbocycles. The van der Waals surface area contributed by atoms with E-state index in [9.17, 15) is 9.59 Å². The molecule has 2 amide bonds. The summed E-state index contributed by atoms with van der Waals surface area (Å²) in [5, 5.41) is 5.78. The predicted molar refractivity (Wildman–Crippen MR) is 116 cm³/mol. The lowest BCUT2D eigenvalue weighted by Gasteiger charge is -2.16. The van der Waals surface area contributed by atoms with Crippen LogP contribution in [0.15, 0.2) is 78.9 Å². The molecule has 0 aliphatic rings. The third kappa shape index (κ3) is 5.85. The molecule has 2 N–H and O–H groups in total. The average Bonchev–Trinajstić information content (AvgIpc) is 2.78. The molecule has 3 aromatic rings. The molecule has 154 valence electrons. The number of carbonyl (C=O) groups is 2. The molecular weight excluding hydrogens is 380 g/mol. The molecule has 0 saturated heterocycles. The van der Waals surface area contributed by atoms with E-state index in [0.717, 1.165) is 11.3 Å². The van der Waals surface area contributed by atoms with Gasteiger partial charge in [-0.25, -0.2) is 0 Å². The maximum Gasteiger partial charge on any atom is 0.258 e. The van der Waals surface area contributed by atoms with Crippen molar-refractivity contribution in [2.45, 2.75) is 13.0 Å². The molecule has 0 bridgehead atoms. The first-order valence-corrected chi connectivity index (χ1v) is 9.58. The summed E-state index contributed by atoms with van der Waals surface area (Å²) >= 11 is 0. The Bertz CT molecular complexity index is 988. The lowest BCUT2D eigenvalue weighted by molar-refractivity contribution is -0.123. The average molecular weight is 404 g/mol. The van der Waals surface area contributed by atoms with Crippen molar-refractivity contribution < 1.29 is 19.1 Å². The number of anilines is 1. The highest BCUT2D eigenvalue weighted by Gasteiger charge is 2.12. The minimum absolute atomic E-state index is 0.0961. The van der Waals surface area contributed by atoms with Gasteiger partial charge in [0.15, 0.2) is 6.61 Å². The standard InChI is InChI=1S/C24H24N2O4/c1-17(25-23(27)16-30-22-13-11-21(29-2)12-14-22)19-9-6-10-20(15-19)26-24(28)18-7-4-3-5-8-18/h3-15,17H,16H2,1-2H3,(H,25,27)(H,26,28). The largest absolute Gasteiger partial charge is 0.497 e. The van der Waals surface area contributed by atoms with E-state index in [-0.39, 0.29) is 24.5 Å². The monoisotopic (exact) mass is 404 g/mol. The Morgan fingerprint density at radius 2 is 1.60 bits per heavy atom. The fourth-order valence-electron chi connectivity index (χ4n) is 2.87. The normalized spacial score (nSPS) is 11.3. The summed E-state index contributed by atoms with van der Waals surface area (Å²) < 4.78 is 10.6. The zero-order chi connectivity index (χ0) is 21.3. The lowest BCUT2D eigenvalue weighted by Crippen LogP contribution is -2.31. The van der Waals surface area contributed by atoms with Gasteiger partial charge in [-0.15, -0.1) is 0 Å². The Balaban J connectivity index is 1.54. The van der Waals surface area contributed by atoms with E-state index in [0.29, 0.717) is 17.0 Å². The topological polar surface area (TPSA) is 76.7 Å². The molecule has 0 radical (unpaired) electrons. The van der Waals surface area contributed by atoms with Gasteiger partial charge in [-0.05, 0) is 61.0 Å². The molecule has 1 atom stereocenters. The van der Waals surface area contributed by atoms with Crippen molar-refractivity contribution in [3.63, 3.8) is 0 Å². The minimum atomic E-state index is -0.245. The smallest absolute Gasteiger partial charge is 0.258 e. The number of benzene rings is 3. The Morgan fingerprint density at radius 1 is 0.900 bits per heavy atom. The van der Waals surface area contributed by atoms with Gasteiger partial charge in [-0.1, -0.05) is 30.3 Å². The van der Waals surface area contributed by atoms with Crippen LogP contribution in [0.3, 0.4) is 0 Å². The summed E-state index contributed by atoms with van der Waals surface area (Å²) in [6.07, 6.45) is 0. The van der Waals surface area contributed by atoms with Gasteiger partial charge in [-0.2, -0.15) is 0 Å². The number of amides is 2. The fourth-order valence-corrected chi connectivity index (χ4v) is 2.87. The molecule has 1 unspecified atom stereocenters. The van der Waals surface area contributed by atoms with Crippen LogP contribution < -0.4 is 20.1 Å². The highest BCUT2D eigenvalue weighted by molar-refractivity contribution is 6.04. The van der Waals surface area contributed by atoms with E-state index < -0.39 is 0 Å². The minimum Gasteiger partial charge on any atom is -0.497 e. The van der Waals surface area contributed by atoms with E-state index in [1.807, 2.05) is 49.4 Å². The van der Waals surface area contributed by atoms with Gasteiger partial charge in [0.2, 0.25) is 0 Å². The first-order chi connectivity index (χ1) is 14.5. The number of hydrogen-bond donors (Lipinski definition) is 2. The van der Waals surface area contributed by atoms with Crippen LogP contribution in [0.4, 0.5) is 5.69 Å². The van der Waals surface area contributed by atoms with E-state index in [1.54, 1.807) is 43.5 Å². The second kappa shape index (κ2) is 10.1. The molecule has 6 nitrogen and oxygen atoms in total. The number of methoxy groups -OCH3 is 1. The van der Waals surface area contributed by atoms with Gasteiger partial charge in [0.25, 0.3) is 11.8 Å². The zero-order valence-corrected chi connectivity index (χ0v) is 16.9. The van der Waals surface area contributed by atoms with Crippen molar-refractivity contribution in [3.05, 3.63) is 90.0 Å². The molecule has 0 spiro atoms. The van der Waals surface area contributed by atoms with Crippen molar-refractivity contribution in [2.75, 3.05) is 19.0 Å². The molecule has 0 fully saturated rings. The van der Waals surface area contributed by atoms with Crippen molar-refractivity contribution >= 4 is 17.5 Å². The molecule has 3 rings (SSSR count). The number of hydrogen-bond acceptors (Lipinski definition) is 4. The van der Waals surface area contributed by atoms with Gasteiger partial charge >= 0.3 is 0 Å². The van der Waals surface area contributed by atoms with Crippen LogP contribution in [0.5, 0.6) is 11.5 Å². The van der Waals surface area contributed by atoms with E-state index in [4.69, 9.17) is 9.47 Å². The van der Waals surface area contributed by atoms with E-state index >= 15 is 0 Å². The van der Waals surface area contributed by atoms with Gasteiger partial charge < -0.3 is 20.1 Å². The van der Waals surface area contributed by atoms with Crippen LogP contribution >= 0.6 is 0 Å². The van der Waals surface area contributed by atoms with E-state index in [2.05, 4.69) is 10.6 Å². The number of nitrogens with one attached hydrogen (secondary N) is 2. The molecule has 0 saturated carbocycles. The summed E-state index contributed by atoms with van der Waals surface area (Å²) in [6, 6.07) is 23.2. The predicted octanol–water partition coefficient (Wildman–Crippen LogP) is 4.20. The SMILES string of the molecule is COc1ccc(OCC(=O)NC(C)c2cccc(NC(=O)c3ccccc3)c2)cc1. The quantitative estimate of drug-likeness (QED) is 0.590. The van der Waals surface area contributed by atoms with Gasteiger partial charge in [0.1, 0.15) is 11.5 Å². The summed E-state index contributed by atoms with van der Waals surface area (Å²) in [4.78, 5) is 24.6. The number of carbonyl (C=O) groups excluding carboxylic acids is 2. The maximum absolute atomic E-state index is 12.3. The van der Waals surface area contributed by atoms with Crippen LogP contribution in [-0.2, 0) is 4.79 Å². The Morgan fingerprint density at radius 3 is 2.30 bits per heavy atom. The van der Waals surface area contributed by atoms with Gasteiger partial charge in [0, 0.05) is 11.3 Å². The molecule has 0 aromatic heterocycles. The van der Waals surface area contributed by atoms with Crippen LogP contribution in [0.25, 0.3) is 0 Å². The van der Waals surface area contributed by atoms with Crippen LogP contribution in [0.2, 0.25) is 0 Å². The zero-order valence-electron chi connectivity index (χ0n) is 16.9. The maximum atomic E-state index is 12.3. The third-order valence-corrected chi connectivity index (χ3v) is 4.49. The summed E-state index contributed by atoms with van der Waals surface area (Å²) in [5.41, 5.74) is 2.12. The highest BCUT2D eigenvalue weighted by atomic mass is 16.5. The molecule has 6 heteroatoms. The molecule has 0 aliphatic carbocycles. The van der Waals surface area contributed by atoms with Crippen LogP contribution in [0, 0.1) is 0 Å². The Labute approximate surface area is 175 Å². The second-order valence-corrected chi connectivity index (χ2v) is 6.70. The molecule has 0 heterocycles. The lowest BCUT2D eigenvalue weighted by atomic mass is 10.1. The van der Waals surface area contributed by atoms with Gasteiger partial charge in [-0.3, -0.25) is 9.59 Å².